The number of halogens is 1. The van der Waals surface area contributed by atoms with Crippen LogP contribution < -0.4 is 15.5 Å². The number of piperazine rings is 1. The topological polar surface area (TPSA) is 138 Å². The quantitative estimate of drug-likeness (QED) is 0.154. The van der Waals surface area contributed by atoms with Crippen molar-refractivity contribution in [3.05, 3.63) is 90.5 Å². The van der Waals surface area contributed by atoms with E-state index >= 15 is 0 Å². The Morgan fingerprint density at radius 2 is 1.60 bits per heavy atom. The Morgan fingerprint density at radius 1 is 0.850 bits per heavy atom. The van der Waals surface area contributed by atoms with E-state index in [0.717, 1.165) is 105 Å². The summed E-state index contributed by atoms with van der Waals surface area (Å²) in [6, 6.07) is 24.2. The number of nitrogens with one attached hydrogen (secondary N) is 2. The van der Waals surface area contributed by atoms with Crippen LogP contribution in [0.4, 0.5) is 20.8 Å². The molecule has 60 heavy (non-hydrogen) atoms. The van der Waals surface area contributed by atoms with Gasteiger partial charge in [0, 0.05) is 82.0 Å². The summed E-state index contributed by atoms with van der Waals surface area (Å²) in [5.74, 6) is -0.427. The maximum atomic E-state index is 15.0. The number of ether oxygens (including phenoxy) is 1. The monoisotopic (exact) mass is 813 g/mol. The molecule has 1 saturated carbocycles. The van der Waals surface area contributed by atoms with Crippen molar-refractivity contribution in [2.45, 2.75) is 69.4 Å². The van der Waals surface area contributed by atoms with Crippen molar-refractivity contribution < 1.29 is 23.5 Å². The lowest BCUT2D eigenvalue weighted by Crippen LogP contribution is -2.49. The molecule has 312 valence electrons. The second kappa shape index (κ2) is 17.4. The molecule has 0 radical (unpaired) electrons. The van der Waals surface area contributed by atoms with E-state index < -0.39 is 11.7 Å². The van der Waals surface area contributed by atoms with E-state index in [2.05, 4.69) is 48.6 Å². The second-order valence-corrected chi connectivity index (χ2v) is 16.8. The van der Waals surface area contributed by atoms with Crippen molar-refractivity contribution in [1.82, 2.24) is 34.9 Å². The minimum absolute atomic E-state index is 0.108. The van der Waals surface area contributed by atoms with Crippen LogP contribution in [0, 0.1) is 11.7 Å². The first-order valence-electron chi connectivity index (χ1n) is 21.4. The molecule has 1 aliphatic carbocycles. The average Bonchev–Trinajstić information content (AvgIpc) is 3.60. The summed E-state index contributed by atoms with van der Waals surface area (Å²) in [5.41, 5.74) is 5.87. The highest BCUT2D eigenvalue weighted by molar-refractivity contribution is 6.02. The zero-order valence-corrected chi connectivity index (χ0v) is 34.1. The Labute approximate surface area is 349 Å². The first-order valence-corrected chi connectivity index (χ1v) is 21.4. The van der Waals surface area contributed by atoms with Gasteiger partial charge in [-0.05, 0) is 86.3 Å². The van der Waals surface area contributed by atoms with Gasteiger partial charge in [0.2, 0.25) is 17.8 Å². The van der Waals surface area contributed by atoms with E-state index in [1.165, 1.54) is 6.20 Å². The van der Waals surface area contributed by atoms with Crippen molar-refractivity contribution in [3.8, 4) is 22.4 Å². The van der Waals surface area contributed by atoms with Crippen molar-refractivity contribution in [2.24, 2.45) is 13.0 Å². The first-order chi connectivity index (χ1) is 29.2. The third-order valence-corrected chi connectivity index (χ3v) is 12.8. The molecule has 3 amide bonds. The Hall–Kier alpha value is -5.89. The van der Waals surface area contributed by atoms with Crippen LogP contribution in [-0.4, -0.2) is 105 Å². The summed E-state index contributed by atoms with van der Waals surface area (Å²) < 4.78 is 22.8. The largest absolute Gasteiger partial charge is 0.446 e. The SMILES string of the molecule is Cn1nc(C2CCC(=O)NC2=O)c2ccc(N3CCN(CC4CCN(C(=O)OC5CCC(Nc6ncc(F)c(-c7cccc(-c8ccccc8)c7)n6)CC5)CC4)CC3)cc21. The molecule has 3 aromatic carbocycles. The number of rotatable bonds is 9. The van der Waals surface area contributed by atoms with Gasteiger partial charge in [-0.15, -0.1) is 0 Å². The molecule has 0 spiro atoms. The molecule has 1 atom stereocenters. The van der Waals surface area contributed by atoms with Gasteiger partial charge in [0.1, 0.15) is 11.8 Å². The highest BCUT2D eigenvalue weighted by Gasteiger charge is 2.33. The lowest BCUT2D eigenvalue weighted by atomic mass is 9.93. The number of hydrogen-bond donors (Lipinski definition) is 2. The fourth-order valence-electron chi connectivity index (χ4n) is 9.37. The number of nitrogens with zero attached hydrogens (tertiary/aromatic N) is 7. The van der Waals surface area contributed by atoms with Crippen LogP contribution in [0.25, 0.3) is 33.3 Å². The number of likely N-dealkylation sites (tertiary alicyclic amines) is 1. The molecule has 4 aliphatic rings. The molecule has 3 aliphatic heterocycles. The fraction of sp³-hybridized carbons (Fsp3) is 0.435. The minimum atomic E-state index is -0.467. The predicted molar refractivity (Wildman–Crippen MR) is 228 cm³/mol. The summed E-state index contributed by atoms with van der Waals surface area (Å²) in [5, 5.41) is 11.5. The number of benzene rings is 3. The Balaban J connectivity index is 0.700. The van der Waals surface area contributed by atoms with Crippen LogP contribution in [0.5, 0.6) is 0 Å². The highest BCUT2D eigenvalue weighted by atomic mass is 19.1. The summed E-state index contributed by atoms with van der Waals surface area (Å²) in [4.78, 5) is 53.1. The van der Waals surface area contributed by atoms with Gasteiger partial charge in [-0.3, -0.25) is 24.5 Å². The smallest absolute Gasteiger partial charge is 0.410 e. The van der Waals surface area contributed by atoms with E-state index in [9.17, 15) is 18.8 Å². The maximum absolute atomic E-state index is 15.0. The summed E-state index contributed by atoms with van der Waals surface area (Å²) in [7, 11) is 1.91. The molecule has 5 heterocycles. The number of hydrogen-bond acceptors (Lipinski definition) is 10. The summed E-state index contributed by atoms with van der Waals surface area (Å²) in [6.45, 7) is 6.25. The van der Waals surface area contributed by atoms with E-state index in [0.29, 0.717) is 43.4 Å². The molecular weight excluding hydrogens is 762 g/mol. The molecule has 4 fully saturated rings. The molecule has 5 aromatic rings. The number of anilines is 2. The first kappa shape index (κ1) is 39.6. The Bertz CT molecular complexity index is 2350. The van der Waals surface area contributed by atoms with Gasteiger partial charge in [0.05, 0.1) is 23.3 Å². The van der Waals surface area contributed by atoms with Crippen molar-refractivity contribution in [2.75, 3.05) is 56.0 Å². The maximum Gasteiger partial charge on any atom is 0.410 e. The van der Waals surface area contributed by atoms with Crippen LogP contribution in [0.2, 0.25) is 0 Å². The van der Waals surface area contributed by atoms with Crippen LogP contribution >= 0.6 is 0 Å². The van der Waals surface area contributed by atoms with Crippen LogP contribution in [0.3, 0.4) is 0 Å². The summed E-state index contributed by atoms with van der Waals surface area (Å²) >= 11 is 0. The van der Waals surface area contributed by atoms with Crippen LogP contribution in [0.1, 0.15) is 63.0 Å². The third-order valence-electron chi connectivity index (χ3n) is 12.8. The molecular formula is C46H52FN9O4. The number of aryl methyl sites for hydroxylation is 1. The molecule has 14 heteroatoms. The Morgan fingerprint density at radius 3 is 2.37 bits per heavy atom. The standard InChI is InChI=1S/C46H52FN9O4/c1-53-40-27-35(12-15-37(40)43(52-53)38-16-17-41(57)50-44(38)58)55-24-22-54(23-25-55)29-30-18-20-56(21-19-30)46(59)60-36-13-10-34(11-14-36)49-45-48-28-39(47)42(51-45)33-9-5-8-32(26-33)31-6-3-2-4-7-31/h2-9,12,15,26-28,30,34,36,38H,10-11,13-14,16-25,29H2,1H3,(H,48,49,51)(H,50,57,58). The minimum Gasteiger partial charge on any atom is -0.446 e. The van der Waals surface area contributed by atoms with Crippen molar-refractivity contribution in [1.29, 1.82) is 0 Å². The highest BCUT2D eigenvalue weighted by Crippen LogP contribution is 2.33. The number of imide groups is 1. The third kappa shape index (κ3) is 8.70. The van der Waals surface area contributed by atoms with Gasteiger partial charge >= 0.3 is 6.09 Å². The fourth-order valence-corrected chi connectivity index (χ4v) is 9.37. The number of amides is 3. The zero-order valence-electron chi connectivity index (χ0n) is 34.1. The van der Waals surface area contributed by atoms with Gasteiger partial charge < -0.3 is 19.9 Å². The predicted octanol–water partition coefficient (Wildman–Crippen LogP) is 6.75. The van der Waals surface area contributed by atoms with Crippen molar-refractivity contribution in [3.63, 3.8) is 0 Å². The molecule has 2 N–H and O–H groups in total. The van der Waals surface area contributed by atoms with E-state index in [-0.39, 0.29) is 35.7 Å². The normalized spacial score (nSPS) is 21.9. The van der Waals surface area contributed by atoms with Gasteiger partial charge in [-0.1, -0.05) is 48.5 Å². The number of carbonyl (C=O) groups excluding carboxylic acids is 3. The van der Waals surface area contributed by atoms with Crippen LogP contribution in [-0.2, 0) is 21.4 Å². The number of piperidine rings is 2. The van der Waals surface area contributed by atoms with Gasteiger partial charge in [0.15, 0.2) is 5.82 Å². The summed E-state index contributed by atoms with van der Waals surface area (Å²) in [6.07, 6.45) is 6.74. The molecule has 13 nitrogen and oxygen atoms in total. The van der Waals surface area contributed by atoms with Gasteiger partial charge in [0.25, 0.3) is 0 Å². The van der Waals surface area contributed by atoms with Gasteiger partial charge in [-0.2, -0.15) is 5.10 Å². The number of fused-ring (bicyclic) bond motifs is 1. The molecule has 9 rings (SSSR count). The zero-order chi connectivity index (χ0) is 41.2. The van der Waals surface area contributed by atoms with Crippen LogP contribution in [0.15, 0.2) is 79.0 Å². The Kier molecular flexibility index (Phi) is 11.5. The van der Waals surface area contributed by atoms with Gasteiger partial charge in [-0.25, -0.2) is 19.2 Å². The van der Waals surface area contributed by atoms with E-state index in [1.807, 2.05) is 71.2 Å². The molecule has 3 saturated heterocycles. The molecule has 2 aromatic heterocycles. The second-order valence-electron chi connectivity index (χ2n) is 16.8. The molecule has 1 unspecified atom stereocenters. The van der Waals surface area contributed by atoms with Crippen molar-refractivity contribution >= 4 is 40.4 Å². The van der Waals surface area contributed by atoms with E-state index in [1.54, 1.807) is 0 Å². The number of aromatic nitrogens is 4. The lowest BCUT2D eigenvalue weighted by molar-refractivity contribution is -0.134. The molecule has 0 bridgehead atoms. The average molecular weight is 814 g/mol. The van der Waals surface area contributed by atoms with E-state index in [4.69, 9.17) is 9.84 Å². The number of carbonyl (C=O) groups is 3. The lowest BCUT2D eigenvalue weighted by Gasteiger charge is -2.39.